The summed E-state index contributed by atoms with van der Waals surface area (Å²) in [6.45, 7) is 5.46. The van der Waals surface area contributed by atoms with Crippen molar-refractivity contribution in [3.05, 3.63) is 0 Å². The molecule has 1 amide bonds. The molecule has 0 rings (SSSR count). The number of hydrogen-bond acceptors (Lipinski definition) is 3. The number of hydrogen-bond donors (Lipinski definition) is 3. The summed E-state index contributed by atoms with van der Waals surface area (Å²) in [5.41, 5.74) is 0. The van der Waals surface area contributed by atoms with E-state index < -0.39 is 0 Å². The highest BCUT2D eigenvalue weighted by Crippen LogP contribution is 1.82. The van der Waals surface area contributed by atoms with Crippen LogP contribution in [-0.2, 0) is 9.53 Å². The summed E-state index contributed by atoms with van der Waals surface area (Å²) in [4.78, 5) is 11.4. The second kappa shape index (κ2) is 8.43. The number of carbonyl (C=O) groups is 1. The smallest absolute Gasteiger partial charge is 0.242 e. The zero-order valence-corrected chi connectivity index (χ0v) is 10.2. The number of rotatable bonds is 6. The molecule has 0 aliphatic rings. The van der Waals surface area contributed by atoms with E-state index in [0.717, 1.165) is 6.54 Å². The van der Waals surface area contributed by atoms with Crippen molar-refractivity contribution in [1.29, 1.82) is 0 Å². The minimum Gasteiger partial charge on any atom is -0.383 e. The number of methoxy groups -OCH3 is 1. The molecule has 15 heavy (non-hydrogen) atoms. The Hall–Kier alpha value is -0.880. The van der Waals surface area contributed by atoms with Crippen molar-refractivity contribution in [3.63, 3.8) is 0 Å². The topological polar surface area (TPSA) is 62.4 Å². The van der Waals surface area contributed by atoms with Crippen LogP contribution < -0.4 is 16.0 Å². The van der Waals surface area contributed by atoms with Crippen LogP contribution >= 0.6 is 12.2 Å². The maximum absolute atomic E-state index is 11.4. The van der Waals surface area contributed by atoms with E-state index in [4.69, 9.17) is 17.0 Å². The van der Waals surface area contributed by atoms with Crippen LogP contribution in [0.4, 0.5) is 0 Å². The number of amides is 1. The maximum Gasteiger partial charge on any atom is 0.242 e. The van der Waals surface area contributed by atoms with Gasteiger partial charge in [-0.1, -0.05) is 0 Å². The van der Waals surface area contributed by atoms with E-state index in [9.17, 15) is 4.79 Å². The van der Waals surface area contributed by atoms with E-state index in [1.807, 2.05) is 6.92 Å². The minimum atomic E-state index is -0.339. The maximum atomic E-state index is 11.4. The van der Waals surface area contributed by atoms with Gasteiger partial charge in [0.2, 0.25) is 5.91 Å². The van der Waals surface area contributed by atoms with Crippen LogP contribution in [0.15, 0.2) is 0 Å². The summed E-state index contributed by atoms with van der Waals surface area (Å²) < 4.78 is 4.82. The van der Waals surface area contributed by atoms with E-state index in [1.54, 1.807) is 14.0 Å². The standard InChI is InChI=1S/C9H19N3O2S/c1-4-10-9(15)12-7(2)8(13)11-5-6-14-3/h7H,4-6H2,1-3H3,(H,11,13)(H2,10,12,15). The number of thiocarbonyl (C=S) groups is 1. The summed E-state index contributed by atoms with van der Waals surface area (Å²) in [6, 6.07) is -0.339. The molecule has 1 unspecified atom stereocenters. The largest absolute Gasteiger partial charge is 0.383 e. The first kappa shape index (κ1) is 14.1. The molecule has 0 saturated heterocycles. The molecule has 0 heterocycles. The SMILES string of the molecule is CCNC(=S)NC(C)C(=O)NCCOC. The molecule has 0 aliphatic carbocycles. The lowest BCUT2D eigenvalue weighted by atomic mass is 10.3. The highest BCUT2D eigenvalue weighted by molar-refractivity contribution is 7.80. The van der Waals surface area contributed by atoms with Crippen LogP contribution in [0, 0.1) is 0 Å². The first-order chi connectivity index (χ1) is 7.11. The van der Waals surface area contributed by atoms with Crippen molar-refractivity contribution < 1.29 is 9.53 Å². The van der Waals surface area contributed by atoms with Crippen LogP contribution in [0.25, 0.3) is 0 Å². The minimum absolute atomic E-state index is 0.0905. The van der Waals surface area contributed by atoms with Gasteiger partial charge in [-0.25, -0.2) is 0 Å². The molecule has 0 aromatic heterocycles. The van der Waals surface area contributed by atoms with Crippen molar-refractivity contribution in [1.82, 2.24) is 16.0 Å². The summed E-state index contributed by atoms with van der Waals surface area (Å²) in [5.74, 6) is -0.0905. The molecule has 5 nitrogen and oxygen atoms in total. The molecular formula is C9H19N3O2S. The molecule has 0 aromatic carbocycles. The van der Waals surface area contributed by atoms with Gasteiger partial charge in [0.15, 0.2) is 5.11 Å². The van der Waals surface area contributed by atoms with Gasteiger partial charge in [0, 0.05) is 20.2 Å². The van der Waals surface area contributed by atoms with E-state index in [2.05, 4.69) is 16.0 Å². The van der Waals surface area contributed by atoms with E-state index in [0.29, 0.717) is 18.3 Å². The van der Waals surface area contributed by atoms with Gasteiger partial charge in [-0.05, 0) is 26.1 Å². The van der Waals surface area contributed by atoms with Crippen molar-refractivity contribution in [2.24, 2.45) is 0 Å². The average Bonchev–Trinajstić information content (AvgIpc) is 2.18. The fourth-order valence-electron chi connectivity index (χ4n) is 0.903. The lowest BCUT2D eigenvalue weighted by Crippen LogP contribution is -2.48. The molecule has 6 heteroatoms. The van der Waals surface area contributed by atoms with E-state index in [1.165, 1.54) is 0 Å². The predicted molar refractivity (Wildman–Crippen MR) is 63.8 cm³/mol. The van der Waals surface area contributed by atoms with Gasteiger partial charge in [-0.15, -0.1) is 0 Å². The Morgan fingerprint density at radius 1 is 1.47 bits per heavy atom. The van der Waals surface area contributed by atoms with Gasteiger partial charge in [0.25, 0.3) is 0 Å². The van der Waals surface area contributed by atoms with E-state index in [-0.39, 0.29) is 11.9 Å². The molecule has 1 atom stereocenters. The van der Waals surface area contributed by atoms with Gasteiger partial charge < -0.3 is 20.7 Å². The molecule has 0 aromatic rings. The first-order valence-electron chi connectivity index (χ1n) is 4.92. The molecule has 3 N–H and O–H groups in total. The Kier molecular flexibility index (Phi) is 7.94. The average molecular weight is 233 g/mol. The van der Waals surface area contributed by atoms with Gasteiger partial charge in [-0.3, -0.25) is 4.79 Å². The molecule has 0 fully saturated rings. The number of ether oxygens (including phenoxy) is 1. The van der Waals surface area contributed by atoms with Crippen LogP contribution in [-0.4, -0.2) is 43.9 Å². The third kappa shape index (κ3) is 7.10. The number of nitrogens with one attached hydrogen (secondary N) is 3. The van der Waals surface area contributed by atoms with Crippen LogP contribution in [0.2, 0.25) is 0 Å². The molecule has 88 valence electrons. The van der Waals surface area contributed by atoms with Gasteiger partial charge >= 0.3 is 0 Å². The normalized spacial score (nSPS) is 11.7. The fraction of sp³-hybridized carbons (Fsp3) is 0.778. The van der Waals surface area contributed by atoms with Gasteiger partial charge in [0.1, 0.15) is 6.04 Å². The monoisotopic (exact) mass is 233 g/mol. The predicted octanol–water partition coefficient (Wildman–Crippen LogP) is -0.378. The Morgan fingerprint density at radius 2 is 2.13 bits per heavy atom. The quantitative estimate of drug-likeness (QED) is 0.431. The first-order valence-corrected chi connectivity index (χ1v) is 5.33. The second-order valence-electron chi connectivity index (χ2n) is 3.01. The summed E-state index contributed by atoms with van der Waals surface area (Å²) in [6.07, 6.45) is 0. The van der Waals surface area contributed by atoms with Crippen LogP contribution in [0.5, 0.6) is 0 Å². The summed E-state index contributed by atoms with van der Waals surface area (Å²) >= 11 is 4.96. The third-order valence-corrected chi connectivity index (χ3v) is 1.95. The molecule has 0 aliphatic heterocycles. The molecule has 0 bridgehead atoms. The van der Waals surface area contributed by atoms with Crippen LogP contribution in [0.1, 0.15) is 13.8 Å². The zero-order valence-electron chi connectivity index (χ0n) is 9.42. The Bertz CT molecular complexity index is 212. The third-order valence-electron chi connectivity index (χ3n) is 1.68. The lowest BCUT2D eigenvalue weighted by Gasteiger charge is -2.15. The van der Waals surface area contributed by atoms with Crippen molar-refractivity contribution in [2.75, 3.05) is 26.8 Å². The second-order valence-corrected chi connectivity index (χ2v) is 3.42. The number of carbonyl (C=O) groups excluding carboxylic acids is 1. The molecule has 0 spiro atoms. The lowest BCUT2D eigenvalue weighted by molar-refractivity contribution is -0.122. The zero-order chi connectivity index (χ0) is 11.7. The van der Waals surface area contributed by atoms with Crippen molar-refractivity contribution >= 4 is 23.2 Å². The summed E-state index contributed by atoms with van der Waals surface area (Å²) in [5, 5.41) is 9.00. The van der Waals surface area contributed by atoms with Crippen LogP contribution in [0.3, 0.4) is 0 Å². The van der Waals surface area contributed by atoms with Crippen molar-refractivity contribution in [3.8, 4) is 0 Å². The fourth-order valence-corrected chi connectivity index (χ4v) is 1.22. The Labute approximate surface area is 95.9 Å². The Balaban J connectivity index is 3.73. The molecule has 0 saturated carbocycles. The molecular weight excluding hydrogens is 214 g/mol. The van der Waals surface area contributed by atoms with E-state index >= 15 is 0 Å². The molecule has 0 radical (unpaired) electrons. The van der Waals surface area contributed by atoms with Crippen molar-refractivity contribution in [2.45, 2.75) is 19.9 Å². The highest BCUT2D eigenvalue weighted by Gasteiger charge is 2.12. The highest BCUT2D eigenvalue weighted by atomic mass is 32.1. The Morgan fingerprint density at radius 3 is 2.67 bits per heavy atom. The van der Waals surface area contributed by atoms with Gasteiger partial charge in [-0.2, -0.15) is 0 Å². The van der Waals surface area contributed by atoms with Gasteiger partial charge in [0.05, 0.1) is 6.61 Å². The summed E-state index contributed by atoms with van der Waals surface area (Å²) in [7, 11) is 1.59.